The fourth-order valence-corrected chi connectivity index (χ4v) is 1.54. The van der Waals surface area contributed by atoms with Crippen molar-refractivity contribution in [2.24, 2.45) is 0 Å². The van der Waals surface area contributed by atoms with E-state index < -0.39 is 0 Å². The second-order valence-electron chi connectivity index (χ2n) is 4.15. The predicted molar refractivity (Wildman–Crippen MR) is 78.0 cm³/mol. The van der Waals surface area contributed by atoms with Crippen molar-refractivity contribution in [3.63, 3.8) is 0 Å². The lowest BCUT2D eigenvalue weighted by Crippen LogP contribution is -2.33. The molecule has 20 heavy (non-hydrogen) atoms. The van der Waals surface area contributed by atoms with Crippen LogP contribution in [0.2, 0.25) is 0 Å². The summed E-state index contributed by atoms with van der Waals surface area (Å²) >= 11 is 0. The Labute approximate surface area is 119 Å². The van der Waals surface area contributed by atoms with Crippen molar-refractivity contribution >= 4 is 18.1 Å². The van der Waals surface area contributed by atoms with E-state index in [1.165, 1.54) is 0 Å². The molecule has 0 bridgehead atoms. The normalized spacial score (nSPS) is 10.3. The molecule has 0 unspecified atom stereocenters. The Morgan fingerprint density at radius 3 is 2.75 bits per heavy atom. The molecule has 1 rings (SSSR count). The molecule has 0 aliphatic rings. The highest BCUT2D eigenvalue weighted by atomic mass is 16.5. The summed E-state index contributed by atoms with van der Waals surface area (Å²) in [5, 5.41) is 5.15. The first-order valence-corrected chi connectivity index (χ1v) is 6.55. The van der Waals surface area contributed by atoms with Gasteiger partial charge in [0.25, 0.3) is 0 Å². The average molecular weight is 276 g/mol. The van der Waals surface area contributed by atoms with E-state index in [0.717, 1.165) is 11.1 Å². The SMILES string of the molecule is CCOC(=O)CCNC(=O)N/C=C/c1ccccc1C. The maximum atomic E-state index is 11.4. The van der Waals surface area contributed by atoms with E-state index in [4.69, 9.17) is 4.74 Å². The first kappa shape index (κ1) is 15.8. The molecule has 0 aromatic heterocycles. The molecule has 1 aromatic rings. The molecular formula is C15H20N2O3. The molecule has 0 saturated carbocycles. The van der Waals surface area contributed by atoms with Crippen LogP contribution in [0.4, 0.5) is 4.79 Å². The fourth-order valence-electron chi connectivity index (χ4n) is 1.54. The Kier molecular flexibility index (Phi) is 6.89. The van der Waals surface area contributed by atoms with Crippen LogP contribution in [-0.4, -0.2) is 25.2 Å². The van der Waals surface area contributed by atoms with Crippen LogP contribution in [0.1, 0.15) is 24.5 Å². The van der Waals surface area contributed by atoms with Crippen molar-refractivity contribution in [3.05, 3.63) is 41.6 Å². The minimum absolute atomic E-state index is 0.169. The molecule has 0 aliphatic carbocycles. The molecule has 0 saturated heterocycles. The van der Waals surface area contributed by atoms with E-state index in [0.29, 0.717) is 6.61 Å². The number of nitrogens with one attached hydrogen (secondary N) is 2. The monoisotopic (exact) mass is 276 g/mol. The summed E-state index contributed by atoms with van der Waals surface area (Å²) in [5.74, 6) is -0.316. The van der Waals surface area contributed by atoms with E-state index in [-0.39, 0.29) is 25.0 Å². The van der Waals surface area contributed by atoms with Crippen LogP contribution in [-0.2, 0) is 9.53 Å². The molecule has 5 heteroatoms. The van der Waals surface area contributed by atoms with Gasteiger partial charge in [-0.2, -0.15) is 0 Å². The minimum Gasteiger partial charge on any atom is -0.466 e. The topological polar surface area (TPSA) is 67.4 Å². The third kappa shape index (κ3) is 6.04. The van der Waals surface area contributed by atoms with Gasteiger partial charge in [-0.25, -0.2) is 4.79 Å². The molecule has 0 atom stereocenters. The van der Waals surface area contributed by atoms with Crippen molar-refractivity contribution < 1.29 is 14.3 Å². The van der Waals surface area contributed by atoms with Crippen LogP contribution in [0.25, 0.3) is 6.08 Å². The zero-order chi connectivity index (χ0) is 14.8. The number of amides is 2. The van der Waals surface area contributed by atoms with E-state index in [1.807, 2.05) is 37.3 Å². The van der Waals surface area contributed by atoms with E-state index in [9.17, 15) is 9.59 Å². The molecule has 0 spiro atoms. The highest BCUT2D eigenvalue weighted by Crippen LogP contribution is 2.07. The van der Waals surface area contributed by atoms with Gasteiger partial charge in [0.2, 0.25) is 0 Å². The van der Waals surface area contributed by atoms with Gasteiger partial charge in [0.05, 0.1) is 13.0 Å². The molecule has 0 fully saturated rings. The van der Waals surface area contributed by atoms with Gasteiger partial charge in [0.1, 0.15) is 0 Å². The summed E-state index contributed by atoms with van der Waals surface area (Å²) in [6.07, 6.45) is 3.56. The molecule has 0 radical (unpaired) electrons. The largest absolute Gasteiger partial charge is 0.466 e. The number of aryl methyl sites for hydroxylation is 1. The second kappa shape index (κ2) is 8.74. The van der Waals surface area contributed by atoms with Gasteiger partial charge in [-0.1, -0.05) is 24.3 Å². The highest BCUT2D eigenvalue weighted by molar-refractivity contribution is 5.77. The van der Waals surface area contributed by atoms with Crippen LogP contribution in [0.15, 0.2) is 30.5 Å². The first-order valence-electron chi connectivity index (χ1n) is 6.55. The maximum absolute atomic E-state index is 11.4. The number of ether oxygens (including phenoxy) is 1. The summed E-state index contributed by atoms with van der Waals surface area (Å²) in [4.78, 5) is 22.5. The number of esters is 1. The number of rotatable bonds is 6. The lowest BCUT2D eigenvalue weighted by molar-refractivity contribution is -0.142. The third-order valence-electron chi connectivity index (χ3n) is 2.59. The standard InChI is InChI=1S/C15H20N2O3/c1-3-20-14(18)9-11-17-15(19)16-10-8-13-7-5-4-6-12(13)2/h4-8,10H,3,9,11H2,1-2H3,(H2,16,17,19)/b10-8+. The number of benzene rings is 1. The van der Waals surface area contributed by atoms with Crippen molar-refractivity contribution in [1.82, 2.24) is 10.6 Å². The molecular weight excluding hydrogens is 256 g/mol. The molecule has 2 amide bonds. The Morgan fingerprint density at radius 2 is 2.05 bits per heavy atom. The third-order valence-corrected chi connectivity index (χ3v) is 2.59. The van der Waals surface area contributed by atoms with Crippen molar-refractivity contribution in [2.45, 2.75) is 20.3 Å². The molecule has 2 N–H and O–H groups in total. The summed E-state index contributed by atoms with van der Waals surface area (Å²) in [6.45, 7) is 4.35. The predicted octanol–water partition coefficient (Wildman–Crippen LogP) is 2.22. The Balaban J connectivity index is 2.26. The Hall–Kier alpha value is -2.30. The molecule has 0 heterocycles. The van der Waals surface area contributed by atoms with Gasteiger partial charge in [-0.15, -0.1) is 0 Å². The van der Waals surface area contributed by atoms with E-state index >= 15 is 0 Å². The Bertz CT molecular complexity index is 484. The first-order chi connectivity index (χ1) is 9.63. The van der Waals surface area contributed by atoms with Gasteiger partial charge in [-0.3, -0.25) is 4.79 Å². The van der Waals surface area contributed by atoms with Crippen LogP contribution >= 0.6 is 0 Å². The lowest BCUT2D eigenvalue weighted by Gasteiger charge is -2.04. The quantitative estimate of drug-likeness (QED) is 0.783. The second-order valence-corrected chi connectivity index (χ2v) is 4.15. The highest BCUT2D eigenvalue weighted by Gasteiger charge is 2.02. The number of urea groups is 1. The van der Waals surface area contributed by atoms with Gasteiger partial charge in [0, 0.05) is 12.7 Å². The average Bonchev–Trinajstić information content (AvgIpc) is 2.41. The van der Waals surface area contributed by atoms with Crippen molar-refractivity contribution in [1.29, 1.82) is 0 Å². The zero-order valence-corrected chi connectivity index (χ0v) is 11.8. The van der Waals surface area contributed by atoms with E-state index in [2.05, 4.69) is 10.6 Å². The number of carbonyl (C=O) groups is 2. The summed E-state index contributed by atoms with van der Waals surface area (Å²) in [5.41, 5.74) is 2.17. The Morgan fingerprint density at radius 1 is 1.30 bits per heavy atom. The summed E-state index contributed by atoms with van der Waals surface area (Å²) < 4.78 is 4.75. The number of carbonyl (C=O) groups excluding carboxylic acids is 2. The van der Waals surface area contributed by atoms with Gasteiger partial charge in [-0.05, 0) is 31.1 Å². The molecule has 0 aliphatic heterocycles. The van der Waals surface area contributed by atoms with E-state index in [1.54, 1.807) is 13.1 Å². The van der Waals surface area contributed by atoms with Crippen molar-refractivity contribution in [3.8, 4) is 0 Å². The fraction of sp³-hybridized carbons (Fsp3) is 0.333. The molecule has 5 nitrogen and oxygen atoms in total. The van der Waals surface area contributed by atoms with Gasteiger partial charge >= 0.3 is 12.0 Å². The van der Waals surface area contributed by atoms with Crippen LogP contribution in [0.3, 0.4) is 0 Å². The summed E-state index contributed by atoms with van der Waals surface area (Å²) in [7, 11) is 0. The molecule has 108 valence electrons. The van der Waals surface area contributed by atoms with Gasteiger partial charge < -0.3 is 15.4 Å². The molecule has 1 aromatic carbocycles. The van der Waals surface area contributed by atoms with Crippen molar-refractivity contribution in [2.75, 3.05) is 13.2 Å². The number of hydrogen-bond donors (Lipinski definition) is 2. The van der Waals surface area contributed by atoms with Crippen LogP contribution in [0.5, 0.6) is 0 Å². The van der Waals surface area contributed by atoms with Crippen LogP contribution in [0, 0.1) is 6.92 Å². The van der Waals surface area contributed by atoms with Gasteiger partial charge in [0.15, 0.2) is 0 Å². The minimum atomic E-state index is -0.348. The smallest absolute Gasteiger partial charge is 0.318 e. The lowest BCUT2D eigenvalue weighted by atomic mass is 10.1. The van der Waals surface area contributed by atoms with Crippen LogP contribution < -0.4 is 10.6 Å². The maximum Gasteiger partial charge on any atom is 0.318 e. The zero-order valence-electron chi connectivity index (χ0n) is 11.8. The summed E-state index contributed by atoms with van der Waals surface area (Å²) in [6, 6.07) is 7.51. The number of hydrogen-bond acceptors (Lipinski definition) is 3.